The van der Waals surface area contributed by atoms with Crippen molar-refractivity contribution in [2.45, 2.75) is 44.3 Å². The van der Waals surface area contributed by atoms with Gasteiger partial charge in [0.25, 0.3) is 0 Å². The summed E-state index contributed by atoms with van der Waals surface area (Å²) in [4.78, 5) is 17.4. The van der Waals surface area contributed by atoms with Gasteiger partial charge in [-0.3, -0.25) is 4.79 Å². The quantitative estimate of drug-likeness (QED) is 0.687. The first-order valence-electron chi connectivity index (χ1n) is 10.8. The molecule has 8 heteroatoms. The van der Waals surface area contributed by atoms with Gasteiger partial charge < -0.3 is 14.9 Å². The minimum Gasteiger partial charge on any atom is -0.508 e. The Bertz CT molecular complexity index is 928. The third kappa shape index (κ3) is 5.38. The van der Waals surface area contributed by atoms with E-state index in [9.17, 15) is 23.1 Å². The van der Waals surface area contributed by atoms with Crippen LogP contribution in [0.1, 0.15) is 47.6 Å². The maximum absolute atomic E-state index is 13.2. The fourth-order valence-electron chi connectivity index (χ4n) is 4.70. The zero-order chi connectivity index (χ0) is 22.0. The number of hydrogen-bond acceptors (Lipinski definition) is 3. The lowest BCUT2D eigenvalue weighted by atomic mass is 9.90. The predicted molar refractivity (Wildman–Crippen MR) is 119 cm³/mol. The van der Waals surface area contributed by atoms with Crippen LogP contribution in [-0.4, -0.2) is 47.0 Å². The summed E-state index contributed by atoms with van der Waals surface area (Å²) in [5.41, 5.74) is 1.71. The molecule has 0 aliphatic carbocycles. The van der Waals surface area contributed by atoms with Crippen LogP contribution in [0.5, 0.6) is 5.75 Å². The largest absolute Gasteiger partial charge is 0.508 e. The molecule has 4 nitrogen and oxygen atoms in total. The number of phenolic OH excluding ortho intramolecular Hbond substituents is 1. The lowest BCUT2D eigenvalue weighted by molar-refractivity contribution is -0.137. The topological polar surface area (TPSA) is 43.8 Å². The molecule has 4 rings (SSSR count). The van der Waals surface area contributed by atoms with Gasteiger partial charge in [-0.25, -0.2) is 0 Å². The number of amides is 1. The van der Waals surface area contributed by atoms with Crippen molar-refractivity contribution in [3.8, 4) is 5.75 Å². The summed E-state index contributed by atoms with van der Waals surface area (Å²) in [6.45, 7) is 3.18. The Kier molecular flexibility index (Phi) is 7.72. The Morgan fingerprint density at radius 1 is 1.00 bits per heavy atom. The normalized spacial score (nSPS) is 19.2. The molecule has 0 radical (unpaired) electrons. The molecule has 1 N–H and O–H groups in total. The number of aromatic hydroxyl groups is 1. The molecule has 0 bridgehead atoms. The summed E-state index contributed by atoms with van der Waals surface area (Å²) in [6.07, 6.45) is -0.270. The van der Waals surface area contributed by atoms with E-state index in [1.165, 1.54) is 18.6 Å². The Hall–Kier alpha value is -2.25. The lowest BCUT2D eigenvalue weighted by Crippen LogP contribution is -2.46. The third-order valence-electron chi connectivity index (χ3n) is 6.36. The molecule has 1 amide bonds. The number of carbonyl (C=O) groups excluding carboxylic acids is 1. The van der Waals surface area contributed by atoms with Gasteiger partial charge in [0.05, 0.1) is 18.0 Å². The average molecular weight is 469 g/mol. The molecular weight excluding hydrogens is 441 g/mol. The number of likely N-dealkylation sites (tertiary alicyclic amines) is 1. The van der Waals surface area contributed by atoms with E-state index in [4.69, 9.17) is 0 Å². The Balaban J connectivity index is 0.00000289. The highest BCUT2D eigenvalue weighted by Gasteiger charge is 2.34. The van der Waals surface area contributed by atoms with Gasteiger partial charge in [-0.05, 0) is 61.7 Å². The van der Waals surface area contributed by atoms with Gasteiger partial charge in [0.1, 0.15) is 5.75 Å². The van der Waals surface area contributed by atoms with Crippen molar-refractivity contribution in [1.29, 1.82) is 0 Å². The van der Waals surface area contributed by atoms with Crippen LogP contribution in [0.3, 0.4) is 0 Å². The molecule has 1 fully saturated rings. The van der Waals surface area contributed by atoms with E-state index < -0.39 is 11.7 Å². The highest BCUT2D eigenvalue weighted by Crippen LogP contribution is 2.36. The molecular formula is C24H28ClF3N2O2. The Morgan fingerprint density at radius 2 is 1.69 bits per heavy atom. The molecule has 0 spiro atoms. The molecule has 0 aromatic heterocycles. The second kappa shape index (κ2) is 10.1. The number of halogens is 4. The van der Waals surface area contributed by atoms with Crippen LogP contribution in [0, 0.1) is 0 Å². The van der Waals surface area contributed by atoms with E-state index in [2.05, 4.69) is 4.90 Å². The zero-order valence-corrected chi connectivity index (χ0v) is 18.6. The number of piperidine rings is 1. The molecule has 2 aromatic carbocycles. The van der Waals surface area contributed by atoms with Gasteiger partial charge in [0, 0.05) is 18.7 Å². The van der Waals surface area contributed by atoms with Crippen molar-refractivity contribution in [1.82, 2.24) is 9.80 Å². The van der Waals surface area contributed by atoms with Gasteiger partial charge >= 0.3 is 6.18 Å². The summed E-state index contributed by atoms with van der Waals surface area (Å²) in [7, 11) is 0. The number of benzene rings is 2. The van der Waals surface area contributed by atoms with Crippen molar-refractivity contribution in [3.63, 3.8) is 0 Å². The molecule has 1 unspecified atom stereocenters. The smallest absolute Gasteiger partial charge is 0.416 e. The Morgan fingerprint density at radius 3 is 2.34 bits per heavy atom. The molecule has 2 aliphatic rings. The highest BCUT2D eigenvalue weighted by molar-refractivity contribution is 5.85. The van der Waals surface area contributed by atoms with Crippen molar-refractivity contribution in [2.24, 2.45) is 0 Å². The summed E-state index contributed by atoms with van der Waals surface area (Å²) >= 11 is 0. The monoisotopic (exact) mass is 468 g/mol. The number of nitrogens with zero attached hydrogens (tertiary/aromatic N) is 2. The minimum atomic E-state index is -4.39. The number of fused-ring (bicyclic) bond motifs is 1. The van der Waals surface area contributed by atoms with Crippen LogP contribution in [0.15, 0.2) is 42.5 Å². The molecule has 1 saturated heterocycles. The van der Waals surface area contributed by atoms with Crippen molar-refractivity contribution < 1.29 is 23.1 Å². The van der Waals surface area contributed by atoms with E-state index in [-0.39, 0.29) is 36.5 Å². The molecule has 2 aromatic rings. The Labute approximate surface area is 192 Å². The van der Waals surface area contributed by atoms with Crippen LogP contribution in [0.2, 0.25) is 0 Å². The lowest BCUT2D eigenvalue weighted by Gasteiger charge is -2.41. The summed E-state index contributed by atoms with van der Waals surface area (Å²) in [5, 5.41) is 10.3. The van der Waals surface area contributed by atoms with Crippen LogP contribution in [0.25, 0.3) is 0 Å². The first-order chi connectivity index (χ1) is 14.8. The van der Waals surface area contributed by atoms with Gasteiger partial charge in [0.2, 0.25) is 5.91 Å². The summed E-state index contributed by atoms with van der Waals surface area (Å²) in [6, 6.07) is 10.1. The predicted octanol–water partition coefficient (Wildman–Crippen LogP) is 4.99. The maximum atomic E-state index is 13.2. The van der Waals surface area contributed by atoms with Gasteiger partial charge in [-0.2, -0.15) is 13.2 Å². The van der Waals surface area contributed by atoms with Crippen LogP contribution >= 0.6 is 12.4 Å². The maximum Gasteiger partial charge on any atom is 0.416 e. The second-order valence-electron chi connectivity index (χ2n) is 8.43. The molecule has 0 saturated carbocycles. The number of rotatable bonds is 4. The highest BCUT2D eigenvalue weighted by atomic mass is 35.5. The zero-order valence-electron chi connectivity index (χ0n) is 17.8. The van der Waals surface area contributed by atoms with Gasteiger partial charge in [-0.15, -0.1) is 12.4 Å². The fourth-order valence-corrected chi connectivity index (χ4v) is 4.70. The van der Waals surface area contributed by atoms with Crippen LogP contribution in [0.4, 0.5) is 13.2 Å². The molecule has 2 heterocycles. The first-order valence-corrected chi connectivity index (χ1v) is 10.8. The van der Waals surface area contributed by atoms with E-state index in [0.29, 0.717) is 25.1 Å². The summed E-state index contributed by atoms with van der Waals surface area (Å²) in [5.74, 6) is 0.159. The summed E-state index contributed by atoms with van der Waals surface area (Å²) < 4.78 is 38.5. The van der Waals surface area contributed by atoms with E-state index in [0.717, 1.165) is 49.2 Å². The van der Waals surface area contributed by atoms with Crippen molar-refractivity contribution in [3.05, 3.63) is 64.7 Å². The molecule has 32 heavy (non-hydrogen) atoms. The average Bonchev–Trinajstić information content (AvgIpc) is 2.75. The van der Waals surface area contributed by atoms with E-state index in [1.807, 2.05) is 11.0 Å². The van der Waals surface area contributed by atoms with Crippen LogP contribution in [-0.2, 0) is 23.8 Å². The van der Waals surface area contributed by atoms with Gasteiger partial charge in [0.15, 0.2) is 0 Å². The number of alkyl halides is 3. The molecule has 2 aliphatic heterocycles. The first kappa shape index (κ1) is 24.4. The van der Waals surface area contributed by atoms with Crippen molar-refractivity contribution >= 4 is 18.3 Å². The SMILES string of the molecule is Cl.O=C(Cc1ccc(C(F)(F)F)cc1)N1CCc2c(O)cccc2C1CN1CCCCC1. The van der Waals surface area contributed by atoms with E-state index in [1.54, 1.807) is 12.1 Å². The van der Waals surface area contributed by atoms with Crippen LogP contribution < -0.4 is 0 Å². The number of hydrogen-bond donors (Lipinski definition) is 1. The molecule has 174 valence electrons. The third-order valence-corrected chi connectivity index (χ3v) is 6.36. The standard InChI is InChI=1S/C24H27F3N2O2.ClH/c25-24(26,27)18-9-7-17(8-10-18)15-23(31)29-14-11-20-19(5-4-6-22(20)30)21(29)16-28-12-2-1-3-13-28;/h4-10,21,30H,1-3,11-16H2;1H. The van der Waals surface area contributed by atoms with E-state index >= 15 is 0 Å². The minimum absolute atomic E-state index is 0. The van der Waals surface area contributed by atoms with Crippen molar-refractivity contribution in [2.75, 3.05) is 26.2 Å². The number of carbonyl (C=O) groups is 1. The fraction of sp³-hybridized carbons (Fsp3) is 0.458. The second-order valence-corrected chi connectivity index (χ2v) is 8.43. The number of phenols is 1. The molecule has 1 atom stereocenters. The van der Waals surface area contributed by atoms with Gasteiger partial charge in [-0.1, -0.05) is 30.7 Å².